The van der Waals surface area contributed by atoms with Gasteiger partial charge in [0.1, 0.15) is 23.0 Å². The largest absolute Gasteiger partial charge is 0.319 e. The van der Waals surface area contributed by atoms with Gasteiger partial charge in [0.25, 0.3) is 5.91 Å². The zero-order valence-electron chi connectivity index (χ0n) is 18.5. The molecule has 0 bridgehead atoms. The highest BCUT2D eigenvalue weighted by Gasteiger charge is 2.27. The molecule has 6 heteroatoms. The van der Waals surface area contributed by atoms with E-state index in [0.29, 0.717) is 23.4 Å². The van der Waals surface area contributed by atoms with Crippen molar-refractivity contribution in [2.24, 2.45) is 11.8 Å². The normalized spacial score (nSPS) is 20.7. The number of hydrogen-bond donors (Lipinski definition) is 1. The van der Waals surface area contributed by atoms with E-state index in [2.05, 4.69) is 29.1 Å². The van der Waals surface area contributed by atoms with Crippen LogP contribution in [0.5, 0.6) is 0 Å². The van der Waals surface area contributed by atoms with Gasteiger partial charge < -0.3 is 5.32 Å². The summed E-state index contributed by atoms with van der Waals surface area (Å²) < 4.78 is 28.8. The summed E-state index contributed by atoms with van der Waals surface area (Å²) in [6.45, 7) is 6.31. The van der Waals surface area contributed by atoms with E-state index in [9.17, 15) is 13.6 Å². The molecule has 1 aliphatic carbocycles. The molecule has 1 aliphatic rings. The average Bonchev–Trinajstić information content (AvgIpc) is 2.75. The third kappa shape index (κ3) is 4.69. The van der Waals surface area contributed by atoms with Gasteiger partial charge in [0.05, 0.1) is 11.9 Å². The van der Waals surface area contributed by atoms with Gasteiger partial charge in [0, 0.05) is 11.8 Å². The van der Waals surface area contributed by atoms with Crippen LogP contribution in [0.2, 0.25) is 0 Å². The predicted octanol–water partition coefficient (Wildman–Crippen LogP) is 6.52. The van der Waals surface area contributed by atoms with Crippen molar-refractivity contribution in [1.29, 1.82) is 0 Å². The smallest absolute Gasteiger partial charge is 0.274 e. The molecule has 2 heterocycles. The predicted molar refractivity (Wildman–Crippen MR) is 121 cm³/mol. The van der Waals surface area contributed by atoms with Crippen LogP contribution in [-0.4, -0.2) is 15.9 Å². The van der Waals surface area contributed by atoms with Crippen LogP contribution in [0.1, 0.15) is 60.6 Å². The van der Waals surface area contributed by atoms with Gasteiger partial charge in [-0.3, -0.25) is 9.78 Å². The summed E-state index contributed by atoms with van der Waals surface area (Å²) in [6.07, 6.45) is 6.71. The van der Waals surface area contributed by atoms with Crippen molar-refractivity contribution in [3.63, 3.8) is 0 Å². The minimum Gasteiger partial charge on any atom is -0.319 e. The number of halogens is 2. The minimum atomic E-state index is -0.682. The zero-order chi connectivity index (χ0) is 22.8. The SMILES string of the molecule is Cc1ccc(F)c(-c2nc(C(=O)Nc3cnccc3C3C[C@@H](C)C[C@@H](C)C3)ccc2F)c1. The number of carbonyl (C=O) groups excluding carboxylic acids is 1. The summed E-state index contributed by atoms with van der Waals surface area (Å²) in [6, 6.07) is 8.80. The first-order chi connectivity index (χ1) is 15.3. The van der Waals surface area contributed by atoms with Crippen LogP contribution in [0.25, 0.3) is 11.3 Å². The molecule has 1 aromatic carbocycles. The molecule has 4 nitrogen and oxygen atoms in total. The van der Waals surface area contributed by atoms with Crippen LogP contribution in [0.15, 0.2) is 48.8 Å². The number of aryl methyl sites for hydroxylation is 1. The summed E-state index contributed by atoms with van der Waals surface area (Å²) in [5, 5.41) is 2.90. The number of hydrogen-bond acceptors (Lipinski definition) is 3. The molecular formula is C26H27F2N3O. The molecule has 0 radical (unpaired) electrons. The minimum absolute atomic E-state index is 0.0162. The fourth-order valence-corrected chi connectivity index (χ4v) is 4.83. The first-order valence-corrected chi connectivity index (χ1v) is 11.0. The Morgan fingerprint density at radius 2 is 1.72 bits per heavy atom. The quantitative estimate of drug-likeness (QED) is 0.507. The molecule has 1 amide bonds. The monoisotopic (exact) mass is 435 g/mol. The lowest BCUT2D eigenvalue weighted by molar-refractivity contribution is 0.102. The van der Waals surface area contributed by atoms with Gasteiger partial charge in [-0.1, -0.05) is 25.5 Å². The van der Waals surface area contributed by atoms with E-state index in [1.54, 1.807) is 25.4 Å². The molecule has 3 aromatic rings. The Morgan fingerprint density at radius 3 is 2.47 bits per heavy atom. The maximum absolute atomic E-state index is 14.5. The highest BCUT2D eigenvalue weighted by molar-refractivity contribution is 6.03. The van der Waals surface area contributed by atoms with Crippen LogP contribution in [0.3, 0.4) is 0 Å². The van der Waals surface area contributed by atoms with E-state index in [1.807, 2.05) is 6.07 Å². The van der Waals surface area contributed by atoms with E-state index in [4.69, 9.17) is 0 Å². The lowest BCUT2D eigenvalue weighted by Gasteiger charge is -2.32. The highest BCUT2D eigenvalue weighted by atomic mass is 19.1. The third-order valence-corrected chi connectivity index (χ3v) is 6.18. The fourth-order valence-electron chi connectivity index (χ4n) is 4.83. The van der Waals surface area contributed by atoms with E-state index in [-0.39, 0.29) is 17.0 Å². The number of nitrogens with one attached hydrogen (secondary N) is 1. The van der Waals surface area contributed by atoms with Gasteiger partial charge in [-0.15, -0.1) is 0 Å². The lowest BCUT2D eigenvalue weighted by atomic mass is 9.74. The van der Waals surface area contributed by atoms with Crippen molar-refractivity contribution >= 4 is 11.6 Å². The number of anilines is 1. The Labute approximate surface area is 187 Å². The van der Waals surface area contributed by atoms with Crippen molar-refractivity contribution in [3.8, 4) is 11.3 Å². The van der Waals surface area contributed by atoms with E-state index in [1.165, 1.54) is 24.6 Å². The molecule has 0 saturated heterocycles. The van der Waals surface area contributed by atoms with E-state index in [0.717, 1.165) is 30.0 Å². The lowest BCUT2D eigenvalue weighted by Crippen LogP contribution is -2.21. The molecular weight excluding hydrogens is 408 g/mol. The first kappa shape index (κ1) is 22.1. The maximum Gasteiger partial charge on any atom is 0.274 e. The van der Waals surface area contributed by atoms with Gasteiger partial charge >= 0.3 is 0 Å². The standard InChI is InChI=1S/C26H27F2N3O/c1-15-4-5-21(27)20(13-15)25-22(28)6-7-23(30-25)26(32)31-24-14-29-9-8-19(24)18-11-16(2)10-17(3)12-18/h4-9,13-14,16-18H,10-12H2,1-3H3,(H,31,32)/t16-,17+,18?. The molecule has 1 unspecified atom stereocenters. The van der Waals surface area contributed by atoms with Crippen molar-refractivity contribution < 1.29 is 13.6 Å². The molecule has 0 aliphatic heterocycles. The number of rotatable bonds is 4. The number of nitrogens with zero attached hydrogens (tertiary/aromatic N) is 2. The second-order valence-electron chi connectivity index (χ2n) is 9.04. The molecule has 166 valence electrons. The first-order valence-electron chi connectivity index (χ1n) is 11.0. The average molecular weight is 436 g/mol. The van der Waals surface area contributed by atoms with Gasteiger partial charge in [-0.2, -0.15) is 0 Å². The van der Waals surface area contributed by atoms with Gasteiger partial charge in [0.15, 0.2) is 0 Å². The van der Waals surface area contributed by atoms with Crippen LogP contribution >= 0.6 is 0 Å². The molecule has 4 rings (SSSR count). The van der Waals surface area contributed by atoms with Crippen molar-refractivity contribution in [3.05, 3.63) is 77.2 Å². The summed E-state index contributed by atoms with van der Waals surface area (Å²) in [7, 11) is 0. The molecule has 1 fully saturated rings. The summed E-state index contributed by atoms with van der Waals surface area (Å²) >= 11 is 0. The van der Waals surface area contributed by atoms with Crippen molar-refractivity contribution in [2.45, 2.75) is 46.0 Å². The fraction of sp³-hybridized carbons (Fsp3) is 0.346. The Bertz CT molecular complexity index is 1140. The molecule has 32 heavy (non-hydrogen) atoms. The Hall–Kier alpha value is -3.15. The maximum atomic E-state index is 14.5. The highest BCUT2D eigenvalue weighted by Crippen LogP contribution is 2.41. The number of carbonyl (C=O) groups is 1. The van der Waals surface area contributed by atoms with E-state index >= 15 is 0 Å². The second-order valence-corrected chi connectivity index (χ2v) is 9.04. The summed E-state index contributed by atoms with van der Waals surface area (Å²) in [5.74, 6) is -0.180. The topological polar surface area (TPSA) is 54.9 Å². The number of pyridine rings is 2. The van der Waals surface area contributed by atoms with Crippen LogP contribution < -0.4 is 5.32 Å². The molecule has 1 N–H and O–H groups in total. The number of aromatic nitrogens is 2. The summed E-state index contributed by atoms with van der Waals surface area (Å²) in [5.41, 5.74) is 2.33. The van der Waals surface area contributed by atoms with Crippen LogP contribution in [0, 0.1) is 30.4 Å². The van der Waals surface area contributed by atoms with E-state index < -0.39 is 17.5 Å². The third-order valence-electron chi connectivity index (χ3n) is 6.18. The van der Waals surface area contributed by atoms with Crippen molar-refractivity contribution in [1.82, 2.24) is 9.97 Å². The number of amides is 1. The molecule has 2 aromatic heterocycles. The molecule has 1 saturated carbocycles. The molecule has 3 atom stereocenters. The number of benzene rings is 1. The van der Waals surface area contributed by atoms with Crippen LogP contribution in [-0.2, 0) is 0 Å². The van der Waals surface area contributed by atoms with Crippen molar-refractivity contribution in [2.75, 3.05) is 5.32 Å². The second kappa shape index (κ2) is 9.15. The zero-order valence-corrected chi connectivity index (χ0v) is 18.5. The summed E-state index contributed by atoms with van der Waals surface area (Å²) in [4.78, 5) is 21.3. The Morgan fingerprint density at radius 1 is 1.00 bits per heavy atom. The van der Waals surface area contributed by atoms with Gasteiger partial charge in [0.2, 0.25) is 0 Å². The Balaban J connectivity index is 1.63. The van der Waals surface area contributed by atoms with Crippen LogP contribution in [0.4, 0.5) is 14.5 Å². The van der Waals surface area contributed by atoms with Gasteiger partial charge in [-0.25, -0.2) is 13.8 Å². The molecule has 0 spiro atoms. The Kier molecular flexibility index (Phi) is 6.31. The van der Waals surface area contributed by atoms with Gasteiger partial charge in [-0.05, 0) is 79.8 Å².